The van der Waals surface area contributed by atoms with Crippen LogP contribution >= 0.6 is 0 Å². The van der Waals surface area contributed by atoms with Gasteiger partial charge in [-0.25, -0.2) is 4.79 Å². The number of ether oxygens (including phenoxy) is 1. The molecule has 0 aromatic carbocycles. The fraction of sp³-hybridized carbons (Fsp3) is 0.909. The summed E-state index contributed by atoms with van der Waals surface area (Å²) in [4.78, 5) is 10.8. The molecule has 0 rings (SSSR count). The standard InChI is InChI=1S/C11H22O3/c1-8(2)9(10(12)13)14-7-6-11(3,4)5/h8-9H,6-7H2,1-5H3,(H,12,13). The molecule has 3 nitrogen and oxygen atoms in total. The van der Waals surface area contributed by atoms with Gasteiger partial charge < -0.3 is 9.84 Å². The first kappa shape index (κ1) is 13.4. The minimum atomic E-state index is -0.867. The predicted octanol–water partition coefficient (Wildman–Crippen LogP) is 2.55. The van der Waals surface area contributed by atoms with E-state index in [1.54, 1.807) is 0 Å². The Bertz CT molecular complexity index is 179. The molecule has 1 atom stereocenters. The van der Waals surface area contributed by atoms with Gasteiger partial charge in [0.05, 0.1) is 0 Å². The molecule has 0 aromatic heterocycles. The van der Waals surface area contributed by atoms with Crippen molar-refractivity contribution >= 4 is 5.97 Å². The molecule has 0 aliphatic carbocycles. The van der Waals surface area contributed by atoms with Crippen molar-refractivity contribution in [2.75, 3.05) is 6.61 Å². The van der Waals surface area contributed by atoms with Crippen molar-refractivity contribution in [1.29, 1.82) is 0 Å². The molecule has 0 aliphatic rings. The maximum Gasteiger partial charge on any atom is 0.333 e. The van der Waals surface area contributed by atoms with Crippen molar-refractivity contribution in [3.05, 3.63) is 0 Å². The zero-order valence-corrected chi connectivity index (χ0v) is 9.83. The van der Waals surface area contributed by atoms with E-state index >= 15 is 0 Å². The number of rotatable bonds is 5. The molecule has 0 saturated heterocycles. The summed E-state index contributed by atoms with van der Waals surface area (Å²) in [7, 11) is 0. The Balaban J connectivity index is 3.90. The first-order valence-corrected chi connectivity index (χ1v) is 5.08. The minimum Gasteiger partial charge on any atom is -0.479 e. The first-order valence-electron chi connectivity index (χ1n) is 5.08. The van der Waals surface area contributed by atoms with Crippen molar-refractivity contribution in [3.63, 3.8) is 0 Å². The van der Waals surface area contributed by atoms with Crippen LogP contribution in [0.3, 0.4) is 0 Å². The Labute approximate surface area is 86.5 Å². The quantitative estimate of drug-likeness (QED) is 0.745. The van der Waals surface area contributed by atoms with Crippen molar-refractivity contribution in [2.45, 2.75) is 47.1 Å². The summed E-state index contributed by atoms with van der Waals surface area (Å²) in [5.41, 5.74) is 0.194. The lowest BCUT2D eigenvalue weighted by molar-refractivity contribution is -0.153. The Morgan fingerprint density at radius 1 is 1.36 bits per heavy atom. The molecule has 0 heterocycles. The normalized spacial score (nSPS) is 14.4. The lowest BCUT2D eigenvalue weighted by Crippen LogP contribution is -2.30. The molecule has 1 N–H and O–H groups in total. The van der Waals surface area contributed by atoms with Gasteiger partial charge in [0.15, 0.2) is 6.10 Å². The van der Waals surface area contributed by atoms with Gasteiger partial charge in [-0.1, -0.05) is 34.6 Å². The van der Waals surface area contributed by atoms with Crippen molar-refractivity contribution in [2.24, 2.45) is 11.3 Å². The molecule has 1 unspecified atom stereocenters. The van der Waals surface area contributed by atoms with Gasteiger partial charge in [0.2, 0.25) is 0 Å². The highest BCUT2D eigenvalue weighted by Crippen LogP contribution is 2.19. The van der Waals surface area contributed by atoms with Crippen LogP contribution in [0.15, 0.2) is 0 Å². The Morgan fingerprint density at radius 3 is 2.14 bits per heavy atom. The Kier molecular flexibility index (Phi) is 5.13. The molecule has 0 spiro atoms. The second-order valence-corrected chi connectivity index (χ2v) is 5.18. The van der Waals surface area contributed by atoms with Crippen LogP contribution in [-0.4, -0.2) is 23.8 Å². The van der Waals surface area contributed by atoms with Crippen LogP contribution in [0.2, 0.25) is 0 Å². The van der Waals surface area contributed by atoms with Crippen LogP contribution in [-0.2, 0) is 9.53 Å². The predicted molar refractivity (Wildman–Crippen MR) is 56.3 cm³/mol. The van der Waals surface area contributed by atoms with Crippen molar-refractivity contribution < 1.29 is 14.6 Å². The number of aliphatic carboxylic acids is 1. The van der Waals surface area contributed by atoms with Gasteiger partial charge in [0.25, 0.3) is 0 Å². The number of carboxylic acid groups (broad SMARTS) is 1. The van der Waals surface area contributed by atoms with E-state index in [0.717, 1.165) is 6.42 Å². The highest BCUT2D eigenvalue weighted by atomic mass is 16.5. The van der Waals surface area contributed by atoms with Gasteiger partial charge in [-0.3, -0.25) is 0 Å². The first-order chi connectivity index (χ1) is 6.24. The third kappa shape index (κ3) is 5.97. The summed E-state index contributed by atoms with van der Waals surface area (Å²) in [6.45, 7) is 10.6. The summed E-state index contributed by atoms with van der Waals surface area (Å²) in [6, 6.07) is 0. The molecule has 3 heteroatoms. The molecule has 0 saturated carbocycles. The number of hydrogen-bond acceptors (Lipinski definition) is 2. The molecule has 0 radical (unpaired) electrons. The molecular weight excluding hydrogens is 180 g/mol. The highest BCUT2D eigenvalue weighted by Gasteiger charge is 2.22. The zero-order valence-electron chi connectivity index (χ0n) is 9.83. The van der Waals surface area contributed by atoms with E-state index in [9.17, 15) is 4.79 Å². The van der Waals surface area contributed by atoms with Crippen LogP contribution in [0, 0.1) is 11.3 Å². The van der Waals surface area contributed by atoms with Crippen molar-refractivity contribution in [3.8, 4) is 0 Å². The van der Waals surface area contributed by atoms with Crippen LogP contribution in [0.5, 0.6) is 0 Å². The number of carbonyl (C=O) groups is 1. The number of hydrogen-bond donors (Lipinski definition) is 1. The largest absolute Gasteiger partial charge is 0.479 e. The summed E-state index contributed by atoms with van der Waals surface area (Å²) in [5.74, 6) is -0.846. The third-order valence-corrected chi connectivity index (χ3v) is 2.00. The van der Waals surface area contributed by atoms with Crippen LogP contribution < -0.4 is 0 Å². The van der Waals surface area contributed by atoms with Gasteiger partial charge in [0, 0.05) is 6.61 Å². The number of carboxylic acids is 1. The van der Waals surface area contributed by atoms with Crippen LogP contribution in [0.4, 0.5) is 0 Å². The molecule has 0 aliphatic heterocycles. The Hall–Kier alpha value is -0.570. The van der Waals surface area contributed by atoms with Gasteiger partial charge in [0.1, 0.15) is 0 Å². The molecule has 14 heavy (non-hydrogen) atoms. The third-order valence-electron chi connectivity index (χ3n) is 2.00. The summed E-state index contributed by atoms with van der Waals surface area (Å²) in [5, 5.41) is 8.85. The van der Waals surface area contributed by atoms with Crippen LogP contribution in [0.25, 0.3) is 0 Å². The van der Waals surface area contributed by atoms with Crippen LogP contribution in [0.1, 0.15) is 41.0 Å². The van der Waals surface area contributed by atoms with E-state index in [1.807, 2.05) is 13.8 Å². The maximum absolute atomic E-state index is 10.8. The average molecular weight is 202 g/mol. The zero-order chi connectivity index (χ0) is 11.4. The average Bonchev–Trinajstić information content (AvgIpc) is 1.94. The summed E-state index contributed by atoms with van der Waals surface area (Å²) < 4.78 is 5.34. The van der Waals surface area contributed by atoms with E-state index < -0.39 is 12.1 Å². The van der Waals surface area contributed by atoms with E-state index in [0.29, 0.717) is 6.61 Å². The lowest BCUT2D eigenvalue weighted by Gasteiger charge is -2.21. The lowest BCUT2D eigenvalue weighted by atomic mass is 9.93. The smallest absolute Gasteiger partial charge is 0.333 e. The maximum atomic E-state index is 10.8. The van der Waals surface area contributed by atoms with Gasteiger partial charge in [-0.05, 0) is 17.8 Å². The monoisotopic (exact) mass is 202 g/mol. The van der Waals surface area contributed by atoms with E-state index in [2.05, 4.69) is 20.8 Å². The van der Waals surface area contributed by atoms with E-state index in [-0.39, 0.29) is 11.3 Å². The van der Waals surface area contributed by atoms with E-state index in [1.165, 1.54) is 0 Å². The molecule has 0 aromatic rings. The fourth-order valence-corrected chi connectivity index (χ4v) is 1.04. The molecule has 0 bridgehead atoms. The highest BCUT2D eigenvalue weighted by molar-refractivity contribution is 5.72. The molecule has 84 valence electrons. The Morgan fingerprint density at radius 2 is 1.86 bits per heavy atom. The van der Waals surface area contributed by atoms with E-state index in [4.69, 9.17) is 9.84 Å². The second kappa shape index (κ2) is 5.35. The summed E-state index contributed by atoms with van der Waals surface area (Å²) in [6.07, 6.45) is 0.209. The van der Waals surface area contributed by atoms with Crippen molar-refractivity contribution in [1.82, 2.24) is 0 Å². The minimum absolute atomic E-state index is 0.0208. The summed E-state index contributed by atoms with van der Waals surface area (Å²) >= 11 is 0. The molecule has 0 fully saturated rings. The second-order valence-electron chi connectivity index (χ2n) is 5.18. The fourth-order valence-electron chi connectivity index (χ4n) is 1.04. The van der Waals surface area contributed by atoms with Gasteiger partial charge in [-0.15, -0.1) is 0 Å². The van der Waals surface area contributed by atoms with Gasteiger partial charge in [-0.2, -0.15) is 0 Å². The van der Waals surface area contributed by atoms with Gasteiger partial charge >= 0.3 is 5.97 Å². The molecule has 0 amide bonds. The SMILES string of the molecule is CC(C)C(OCCC(C)(C)C)C(=O)O. The topological polar surface area (TPSA) is 46.5 Å². The molecular formula is C11H22O3.